The minimum Gasteiger partial charge on any atom is -0.396 e. The minimum absolute atomic E-state index is 0.263. The second-order valence-corrected chi connectivity index (χ2v) is 3.91. The number of carbonyl (C=O) groups excluding carboxylic acids is 1. The summed E-state index contributed by atoms with van der Waals surface area (Å²) in [4.78, 5) is 15.5. The Labute approximate surface area is 108 Å². The van der Waals surface area contributed by atoms with E-state index < -0.39 is 17.5 Å². The Kier molecular flexibility index (Phi) is 3.74. The Morgan fingerprint density at radius 2 is 2.16 bits per heavy atom. The highest BCUT2D eigenvalue weighted by atomic mass is 19.1. The number of nitrogens with zero attached hydrogens (tertiary/aromatic N) is 2. The molecule has 0 aliphatic heterocycles. The zero-order valence-electron chi connectivity index (χ0n) is 9.94. The van der Waals surface area contributed by atoms with Gasteiger partial charge in [0.25, 0.3) is 5.91 Å². The maximum atomic E-state index is 13.4. The van der Waals surface area contributed by atoms with Gasteiger partial charge in [-0.2, -0.15) is 0 Å². The van der Waals surface area contributed by atoms with E-state index in [1.165, 1.54) is 0 Å². The molecule has 19 heavy (non-hydrogen) atoms. The number of nitrogens with two attached hydrogens (primary N) is 1. The normalized spacial score (nSPS) is 10.4. The summed E-state index contributed by atoms with van der Waals surface area (Å²) in [7, 11) is 0. The lowest BCUT2D eigenvalue weighted by atomic mass is 10.1. The third-order valence-electron chi connectivity index (χ3n) is 2.55. The molecule has 0 aliphatic rings. The van der Waals surface area contributed by atoms with Gasteiger partial charge in [0.15, 0.2) is 0 Å². The maximum absolute atomic E-state index is 13.4. The van der Waals surface area contributed by atoms with Crippen molar-refractivity contribution in [3.8, 4) is 0 Å². The number of halogens is 2. The van der Waals surface area contributed by atoms with E-state index in [4.69, 9.17) is 5.73 Å². The Morgan fingerprint density at radius 3 is 2.84 bits per heavy atom. The summed E-state index contributed by atoms with van der Waals surface area (Å²) in [6.07, 6.45) is 4.95. The molecule has 1 aromatic carbocycles. The molecule has 2 aromatic rings. The molecule has 100 valence electrons. The van der Waals surface area contributed by atoms with Gasteiger partial charge in [-0.1, -0.05) is 0 Å². The van der Waals surface area contributed by atoms with Crippen LogP contribution in [0.1, 0.15) is 10.4 Å². The van der Waals surface area contributed by atoms with E-state index in [2.05, 4.69) is 10.3 Å². The lowest BCUT2D eigenvalue weighted by molar-refractivity contribution is 0.0948. The Balaban J connectivity index is 1.98. The van der Waals surface area contributed by atoms with Crippen molar-refractivity contribution >= 4 is 11.6 Å². The van der Waals surface area contributed by atoms with Crippen molar-refractivity contribution in [1.29, 1.82) is 0 Å². The van der Waals surface area contributed by atoms with Crippen LogP contribution in [0.15, 0.2) is 30.9 Å². The van der Waals surface area contributed by atoms with Gasteiger partial charge >= 0.3 is 0 Å². The van der Waals surface area contributed by atoms with Crippen LogP contribution >= 0.6 is 0 Å². The number of imidazole rings is 1. The third-order valence-corrected chi connectivity index (χ3v) is 2.55. The van der Waals surface area contributed by atoms with Gasteiger partial charge in [0, 0.05) is 31.5 Å². The number of rotatable bonds is 4. The molecule has 1 amide bonds. The SMILES string of the molecule is Nc1cc(C(=O)NCCn2ccnc2)c(F)cc1F. The number of carbonyl (C=O) groups is 1. The summed E-state index contributed by atoms with van der Waals surface area (Å²) in [5.74, 6) is -2.45. The van der Waals surface area contributed by atoms with E-state index in [9.17, 15) is 13.6 Å². The molecular weight excluding hydrogens is 254 g/mol. The van der Waals surface area contributed by atoms with Crippen molar-refractivity contribution in [3.05, 3.63) is 48.1 Å². The quantitative estimate of drug-likeness (QED) is 0.816. The molecule has 0 spiro atoms. The number of hydrogen-bond acceptors (Lipinski definition) is 3. The van der Waals surface area contributed by atoms with Crippen LogP contribution in [0, 0.1) is 11.6 Å². The van der Waals surface area contributed by atoms with Crippen LogP contribution in [0.4, 0.5) is 14.5 Å². The largest absolute Gasteiger partial charge is 0.396 e. The molecule has 0 bridgehead atoms. The molecule has 1 aromatic heterocycles. The summed E-state index contributed by atoms with van der Waals surface area (Å²) in [5, 5.41) is 2.52. The van der Waals surface area contributed by atoms with Crippen LogP contribution in [0.25, 0.3) is 0 Å². The standard InChI is InChI=1S/C12H12F2N4O/c13-9-6-10(14)11(15)5-8(9)12(19)17-2-4-18-3-1-16-7-18/h1,3,5-7H,2,4,15H2,(H,17,19). The molecule has 0 atom stereocenters. The number of anilines is 1. The lowest BCUT2D eigenvalue weighted by Crippen LogP contribution is -2.28. The fourth-order valence-electron chi connectivity index (χ4n) is 1.55. The highest BCUT2D eigenvalue weighted by Gasteiger charge is 2.14. The summed E-state index contributed by atoms with van der Waals surface area (Å²) in [6.45, 7) is 0.802. The monoisotopic (exact) mass is 266 g/mol. The van der Waals surface area contributed by atoms with E-state index >= 15 is 0 Å². The molecule has 0 unspecified atom stereocenters. The molecule has 3 N–H and O–H groups in total. The van der Waals surface area contributed by atoms with E-state index in [-0.39, 0.29) is 11.3 Å². The molecule has 0 aliphatic carbocycles. The van der Waals surface area contributed by atoms with Gasteiger partial charge in [-0.3, -0.25) is 4.79 Å². The molecule has 0 saturated carbocycles. The molecular formula is C12H12F2N4O. The molecule has 5 nitrogen and oxygen atoms in total. The zero-order valence-corrected chi connectivity index (χ0v) is 9.94. The Bertz CT molecular complexity index is 584. The van der Waals surface area contributed by atoms with Gasteiger partial charge in [0.1, 0.15) is 11.6 Å². The first-order chi connectivity index (χ1) is 9.08. The van der Waals surface area contributed by atoms with Gasteiger partial charge in [-0.15, -0.1) is 0 Å². The molecule has 0 fully saturated rings. The second-order valence-electron chi connectivity index (χ2n) is 3.91. The Morgan fingerprint density at radius 1 is 1.37 bits per heavy atom. The predicted molar refractivity (Wildman–Crippen MR) is 65.3 cm³/mol. The van der Waals surface area contributed by atoms with Gasteiger partial charge in [0.05, 0.1) is 17.6 Å². The van der Waals surface area contributed by atoms with Crippen molar-refractivity contribution < 1.29 is 13.6 Å². The molecule has 1 heterocycles. The number of hydrogen-bond donors (Lipinski definition) is 2. The number of nitrogen functional groups attached to an aromatic ring is 1. The van der Waals surface area contributed by atoms with E-state index in [0.717, 1.165) is 6.07 Å². The first-order valence-electron chi connectivity index (χ1n) is 5.56. The molecule has 7 heteroatoms. The van der Waals surface area contributed by atoms with E-state index in [1.807, 2.05) is 0 Å². The van der Waals surface area contributed by atoms with Crippen molar-refractivity contribution in [1.82, 2.24) is 14.9 Å². The number of nitrogens with one attached hydrogen (secondary N) is 1. The van der Waals surface area contributed by atoms with Crippen LogP contribution < -0.4 is 11.1 Å². The van der Waals surface area contributed by atoms with Gasteiger partial charge < -0.3 is 15.6 Å². The molecule has 0 radical (unpaired) electrons. The zero-order chi connectivity index (χ0) is 13.8. The maximum Gasteiger partial charge on any atom is 0.254 e. The Hall–Kier alpha value is -2.44. The topological polar surface area (TPSA) is 72.9 Å². The van der Waals surface area contributed by atoms with Crippen LogP contribution in [0.2, 0.25) is 0 Å². The van der Waals surface area contributed by atoms with Crippen LogP contribution in [-0.4, -0.2) is 22.0 Å². The van der Waals surface area contributed by atoms with E-state index in [1.54, 1.807) is 23.3 Å². The fourth-order valence-corrected chi connectivity index (χ4v) is 1.55. The average molecular weight is 266 g/mol. The summed E-state index contributed by atoms with van der Waals surface area (Å²) in [5.41, 5.74) is 4.76. The predicted octanol–water partition coefficient (Wildman–Crippen LogP) is 1.17. The van der Waals surface area contributed by atoms with Gasteiger partial charge in [-0.05, 0) is 6.07 Å². The minimum atomic E-state index is -0.938. The first-order valence-corrected chi connectivity index (χ1v) is 5.56. The van der Waals surface area contributed by atoms with Gasteiger partial charge in [0.2, 0.25) is 0 Å². The van der Waals surface area contributed by atoms with Crippen LogP contribution in [-0.2, 0) is 6.54 Å². The smallest absolute Gasteiger partial charge is 0.254 e. The fraction of sp³-hybridized carbons (Fsp3) is 0.167. The van der Waals surface area contributed by atoms with Gasteiger partial charge in [-0.25, -0.2) is 13.8 Å². The second kappa shape index (κ2) is 5.47. The van der Waals surface area contributed by atoms with Crippen LogP contribution in [0.3, 0.4) is 0 Å². The highest BCUT2D eigenvalue weighted by molar-refractivity contribution is 5.95. The summed E-state index contributed by atoms with van der Waals surface area (Å²) in [6, 6.07) is 1.58. The lowest BCUT2D eigenvalue weighted by Gasteiger charge is -2.07. The number of benzene rings is 1. The summed E-state index contributed by atoms with van der Waals surface area (Å²) < 4.78 is 28.1. The summed E-state index contributed by atoms with van der Waals surface area (Å²) >= 11 is 0. The van der Waals surface area contributed by atoms with E-state index in [0.29, 0.717) is 19.2 Å². The van der Waals surface area contributed by atoms with Crippen molar-refractivity contribution in [2.45, 2.75) is 6.54 Å². The third kappa shape index (κ3) is 3.06. The van der Waals surface area contributed by atoms with Crippen molar-refractivity contribution in [3.63, 3.8) is 0 Å². The average Bonchev–Trinajstić information content (AvgIpc) is 2.86. The number of amides is 1. The molecule has 2 rings (SSSR count). The number of aromatic nitrogens is 2. The van der Waals surface area contributed by atoms with Crippen molar-refractivity contribution in [2.75, 3.05) is 12.3 Å². The highest BCUT2D eigenvalue weighted by Crippen LogP contribution is 2.16. The van der Waals surface area contributed by atoms with Crippen molar-refractivity contribution in [2.24, 2.45) is 0 Å². The van der Waals surface area contributed by atoms with Crippen LogP contribution in [0.5, 0.6) is 0 Å². The first kappa shape index (κ1) is 13.0. The molecule has 0 saturated heterocycles.